The van der Waals surface area contributed by atoms with Crippen molar-refractivity contribution >= 4 is 15.9 Å². The zero-order valence-electron chi connectivity index (χ0n) is 11.6. The highest BCUT2D eigenvalue weighted by Gasteiger charge is 2.12. The molecule has 1 aromatic rings. The van der Waals surface area contributed by atoms with E-state index in [1.165, 1.54) is 0 Å². The van der Waals surface area contributed by atoms with Gasteiger partial charge in [-0.1, -0.05) is 36.7 Å². The smallest absolute Gasteiger partial charge is 0.125 e. The highest BCUT2D eigenvalue weighted by molar-refractivity contribution is 9.10. The fourth-order valence-electron chi connectivity index (χ4n) is 2.08. The Hall–Kier alpha value is -0.540. The van der Waals surface area contributed by atoms with Gasteiger partial charge < -0.3 is 9.84 Å². The number of hydrogen-bond acceptors (Lipinski definition) is 2. The van der Waals surface area contributed by atoms with Crippen LogP contribution in [0.15, 0.2) is 22.7 Å². The molecule has 0 radical (unpaired) electrons. The highest BCUT2D eigenvalue weighted by Crippen LogP contribution is 2.29. The number of aliphatic hydroxyl groups excluding tert-OH is 1. The molecule has 0 saturated carbocycles. The largest absolute Gasteiger partial charge is 0.493 e. The van der Waals surface area contributed by atoms with Crippen LogP contribution in [0.2, 0.25) is 0 Å². The molecule has 0 aliphatic rings. The normalized spacial score (nSPS) is 14.6. The Morgan fingerprint density at radius 3 is 2.44 bits per heavy atom. The maximum absolute atomic E-state index is 9.74. The topological polar surface area (TPSA) is 29.5 Å². The van der Waals surface area contributed by atoms with E-state index in [9.17, 15) is 5.11 Å². The van der Waals surface area contributed by atoms with Crippen molar-refractivity contribution in [2.75, 3.05) is 6.61 Å². The maximum atomic E-state index is 9.74. The summed E-state index contributed by atoms with van der Waals surface area (Å²) in [6.07, 6.45) is 0.637. The third kappa shape index (κ3) is 4.99. The van der Waals surface area contributed by atoms with Gasteiger partial charge in [-0.3, -0.25) is 0 Å². The van der Waals surface area contributed by atoms with Crippen LogP contribution in [-0.4, -0.2) is 11.7 Å². The van der Waals surface area contributed by atoms with E-state index in [-0.39, 0.29) is 0 Å². The van der Waals surface area contributed by atoms with Crippen molar-refractivity contribution in [2.45, 2.75) is 40.2 Å². The van der Waals surface area contributed by atoms with Gasteiger partial charge in [0.25, 0.3) is 0 Å². The van der Waals surface area contributed by atoms with E-state index in [0.717, 1.165) is 22.2 Å². The first-order valence-corrected chi connectivity index (χ1v) is 7.29. The van der Waals surface area contributed by atoms with E-state index in [2.05, 4.69) is 36.7 Å². The van der Waals surface area contributed by atoms with Gasteiger partial charge in [0.2, 0.25) is 0 Å². The molecule has 1 aromatic carbocycles. The first-order valence-electron chi connectivity index (χ1n) is 6.50. The van der Waals surface area contributed by atoms with Crippen LogP contribution in [0.25, 0.3) is 0 Å². The summed E-state index contributed by atoms with van der Waals surface area (Å²) in [6, 6.07) is 5.76. The first-order chi connectivity index (χ1) is 8.40. The van der Waals surface area contributed by atoms with Gasteiger partial charge in [-0.25, -0.2) is 0 Å². The molecule has 3 heteroatoms. The van der Waals surface area contributed by atoms with Gasteiger partial charge in [-0.05, 0) is 43.4 Å². The molecular formula is C15H23BrO2. The average Bonchev–Trinajstić information content (AvgIpc) is 2.26. The fraction of sp³-hybridized carbons (Fsp3) is 0.600. The third-order valence-electron chi connectivity index (χ3n) is 2.82. The van der Waals surface area contributed by atoms with E-state index >= 15 is 0 Å². The quantitative estimate of drug-likeness (QED) is 0.833. The molecule has 0 saturated heterocycles. The van der Waals surface area contributed by atoms with Crippen molar-refractivity contribution in [3.8, 4) is 5.75 Å². The molecule has 0 aliphatic heterocycles. The van der Waals surface area contributed by atoms with Crippen molar-refractivity contribution in [1.82, 2.24) is 0 Å². The standard InChI is InChI=1S/C15H23BrO2/c1-10(2)7-11(3)9-18-15-6-5-13(16)8-14(15)12(4)17/h5-6,8,10-12,17H,7,9H2,1-4H3. The van der Waals surface area contributed by atoms with E-state index in [1.54, 1.807) is 6.92 Å². The van der Waals surface area contributed by atoms with Gasteiger partial charge >= 0.3 is 0 Å². The lowest BCUT2D eigenvalue weighted by molar-refractivity contribution is 0.184. The van der Waals surface area contributed by atoms with Crippen molar-refractivity contribution in [3.63, 3.8) is 0 Å². The molecule has 2 atom stereocenters. The number of ether oxygens (including phenoxy) is 1. The molecule has 1 N–H and O–H groups in total. The van der Waals surface area contributed by atoms with Gasteiger partial charge in [-0.2, -0.15) is 0 Å². The highest BCUT2D eigenvalue weighted by atomic mass is 79.9. The lowest BCUT2D eigenvalue weighted by atomic mass is 10.00. The molecule has 0 heterocycles. The van der Waals surface area contributed by atoms with Crippen LogP contribution in [0.4, 0.5) is 0 Å². The van der Waals surface area contributed by atoms with Crippen molar-refractivity contribution in [2.24, 2.45) is 11.8 Å². The van der Waals surface area contributed by atoms with Crippen LogP contribution in [0.5, 0.6) is 5.75 Å². The number of halogens is 1. The number of aliphatic hydroxyl groups is 1. The zero-order valence-corrected chi connectivity index (χ0v) is 13.2. The van der Waals surface area contributed by atoms with Crippen LogP contribution in [-0.2, 0) is 0 Å². The van der Waals surface area contributed by atoms with Crippen LogP contribution >= 0.6 is 15.9 Å². The molecule has 18 heavy (non-hydrogen) atoms. The van der Waals surface area contributed by atoms with E-state index < -0.39 is 6.10 Å². The van der Waals surface area contributed by atoms with Gasteiger partial charge in [-0.15, -0.1) is 0 Å². The third-order valence-corrected chi connectivity index (χ3v) is 3.31. The van der Waals surface area contributed by atoms with E-state index in [0.29, 0.717) is 18.4 Å². The second-order valence-corrected chi connectivity index (χ2v) is 6.32. The first kappa shape index (κ1) is 15.5. The summed E-state index contributed by atoms with van der Waals surface area (Å²) < 4.78 is 6.79. The van der Waals surface area contributed by atoms with Gasteiger partial charge in [0.1, 0.15) is 5.75 Å². The Bertz CT molecular complexity index is 375. The number of rotatable bonds is 6. The predicted octanol–water partition coefficient (Wildman–Crippen LogP) is 4.56. The molecule has 0 aliphatic carbocycles. The Kier molecular flexibility index (Phi) is 6.16. The summed E-state index contributed by atoms with van der Waals surface area (Å²) in [4.78, 5) is 0. The zero-order chi connectivity index (χ0) is 13.7. The summed E-state index contributed by atoms with van der Waals surface area (Å²) in [5, 5.41) is 9.74. The Morgan fingerprint density at radius 1 is 1.22 bits per heavy atom. The van der Waals surface area contributed by atoms with Gasteiger partial charge in [0.15, 0.2) is 0 Å². The lowest BCUT2D eigenvalue weighted by Gasteiger charge is -2.18. The van der Waals surface area contributed by atoms with Crippen LogP contribution in [0.1, 0.15) is 45.8 Å². The van der Waals surface area contributed by atoms with Crippen LogP contribution < -0.4 is 4.74 Å². The summed E-state index contributed by atoms with van der Waals surface area (Å²) in [6.45, 7) is 9.08. The number of benzene rings is 1. The Labute approximate surface area is 118 Å². The molecule has 2 unspecified atom stereocenters. The predicted molar refractivity (Wildman–Crippen MR) is 78.9 cm³/mol. The molecule has 0 fully saturated rings. The minimum atomic E-state index is -0.516. The second kappa shape index (κ2) is 7.15. The molecule has 1 rings (SSSR count). The second-order valence-electron chi connectivity index (χ2n) is 5.40. The van der Waals surface area contributed by atoms with Crippen molar-refractivity contribution in [3.05, 3.63) is 28.2 Å². The Balaban J connectivity index is 2.67. The number of hydrogen-bond donors (Lipinski definition) is 1. The van der Waals surface area contributed by atoms with Crippen molar-refractivity contribution in [1.29, 1.82) is 0 Å². The van der Waals surface area contributed by atoms with Crippen LogP contribution in [0, 0.1) is 11.8 Å². The molecule has 0 bridgehead atoms. The van der Waals surface area contributed by atoms with E-state index in [1.807, 2.05) is 18.2 Å². The van der Waals surface area contributed by atoms with Gasteiger partial charge in [0.05, 0.1) is 12.7 Å². The monoisotopic (exact) mass is 314 g/mol. The van der Waals surface area contributed by atoms with Crippen LogP contribution in [0.3, 0.4) is 0 Å². The minimum absolute atomic E-state index is 0.516. The summed E-state index contributed by atoms with van der Waals surface area (Å²) in [5.41, 5.74) is 0.834. The lowest BCUT2D eigenvalue weighted by Crippen LogP contribution is -2.12. The SMILES string of the molecule is CC(C)CC(C)COc1ccc(Br)cc1C(C)O. The van der Waals surface area contributed by atoms with Gasteiger partial charge in [0, 0.05) is 10.0 Å². The summed E-state index contributed by atoms with van der Waals surface area (Å²) >= 11 is 3.41. The fourth-order valence-corrected chi connectivity index (χ4v) is 2.46. The molecule has 0 amide bonds. The van der Waals surface area contributed by atoms with Crippen molar-refractivity contribution < 1.29 is 9.84 Å². The Morgan fingerprint density at radius 2 is 1.89 bits per heavy atom. The maximum Gasteiger partial charge on any atom is 0.125 e. The molecule has 0 aromatic heterocycles. The van der Waals surface area contributed by atoms with E-state index in [4.69, 9.17) is 4.74 Å². The summed E-state index contributed by atoms with van der Waals surface area (Å²) in [7, 11) is 0. The average molecular weight is 315 g/mol. The molecule has 102 valence electrons. The molecular weight excluding hydrogens is 292 g/mol. The molecule has 0 spiro atoms. The minimum Gasteiger partial charge on any atom is -0.493 e. The summed E-state index contributed by atoms with van der Waals surface area (Å²) in [5.74, 6) is 1.99. The molecule has 2 nitrogen and oxygen atoms in total.